The number of hydrogen-bond acceptors (Lipinski definition) is 4. The molecule has 0 spiro atoms. The largest absolute Gasteiger partial charge is 0.354 e. The molecule has 1 aliphatic carbocycles. The molecule has 86 valence electrons. The van der Waals surface area contributed by atoms with Gasteiger partial charge in [0.25, 0.3) is 5.91 Å². The number of nitrogens with one attached hydrogen (secondary N) is 2. The lowest BCUT2D eigenvalue weighted by molar-refractivity contribution is 0.0946. The predicted octanol–water partition coefficient (Wildman–Crippen LogP) is 1.19. The molecule has 0 radical (unpaired) electrons. The van der Waals surface area contributed by atoms with Gasteiger partial charge in [-0.25, -0.2) is 9.97 Å². The molecule has 0 aliphatic heterocycles. The fourth-order valence-corrected chi connectivity index (χ4v) is 1.29. The van der Waals surface area contributed by atoms with Gasteiger partial charge in [0.2, 0.25) is 5.95 Å². The maximum atomic E-state index is 11.7. The highest BCUT2D eigenvalue weighted by Gasteiger charge is 2.24. The van der Waals surface area contributed by atoms with Crippen LogP contribution in [0, 0.1) is 0 Å². The first-order chi connectivity index (χ1) is 7.79. The van der Waals surface area contributed by atoms with E-state index >= 15 is 0 Å². The number of carbonyl (C=O) groups is 1. The summed E-state index contributed by atoms with van der Waals surface area (Å²) in [5.74, 6) is 0.412. The first kappa shape index (κ1) is 10.9. The maximum absolute atomic E-state index is 11.7. The quantitative estimate of drug-likeness (QED) is 0.782. The molecule has 5 nitrogen and oxygen atoms in total. The molecule has 0 saturated heterocycles. The summed E-state index contributed by atoms with van der Waals surface area (Å²) < 4.78 is 0. The predicted molar refractivity (Wildman–Crippen MR) is 61.3 cm³/mol. The average Bonchev–Trinajstić information content (AvgIpc) is 3.10. The van der Waals surface area contributed by atoms with Gasteiger partial charge in [0.05, 0.1) is 0 Å². The molecule has 5 heteroatoms. The van der Waals surface area contributed by atoms with Gasteiger partial charge in [0, 0.05) is 18.8 Å². The number of aromatic nitrogens is 2. The molecule has 2 N–H and O–H groups in total. The van der Waals surface area contributed by atoms with Crippen LogP contribution in [0.3, 0.4) is 0 Å². The van der Waals surface area contributed by atoms with Crippen molar-refractivity contribution in [2.24, 2.45) is 0 Å². The summed E-state index contributed by atoms with van der Waals surface area (Å²) in [5, 5.41) is 5.95. The van der Waals surface area contributed by atoms with E-state index < -0.39 is 0 Å². The smallest absolute Gasteiger partial charge is 0.270 e. The van der Waals surface area contributed by atoms with Gasteiger partial charge in [0.1, 0.15) is 5.69 Å². The second-order valence-corrected chi connectivity index (χ2v) is 3.94. The Bertz CT molecular complexity index is 376. The molecular weight excluding hydrogens is 204 g/mol. The number of carbonyl (C=O) groups excluding carboxylic acids is 1. The third kappa shape index (κ3) is 2.92. The average molecular weight is 220 g/mol. The van der Waals surface area contributed by atoms with E-state index in [4.69, 9.17) is 0 Å². The van der Waals surface area contributed by atoms with Gasteiger partial charge in [0.15, 0.2) is 0 Å². The Balaban J connectivity index is 1.99. The van der Waals surface area contributed by atoms with Crippen molar-refractivity contribution in [3.63, 3.8) is 0 Å². The van der Waals surface area contributed by atoms with Crippen molar-refractivity contribution in [3.8, 4) is 0 Å². The van der Waals surface area contributed by atoms with E-state index in [1.54, 1.807) is 12.3 Å². The van der Waals surface area contributed by atoms with Crippen LogP contribution in [0.15, 0.2) is 12.3 Å². The monoisotopic (exact) mass is 220 g/mol. The van der Waals surface area contributed by atoms with Crippen LogP contribution >= 0.6 is 0 Å². The number of rotatable bonds is 5. The fraction of sp³-hybridized carbons (Fsp3) is 0.545. The van der Waals surface area contributed by atoms with Gasteiger partial charge in [-0.3, -0.25) is 4.79 Å². The summed E-state index contributed by atoms with van der Waals surface area (Å²) >= 11 is 0. The van der Waals surface area contributed by atoms with Crippen LogP contribution in [-0.2, 0) is 0 Å². The highest BCUT2D eigenvalue weighted by molar-refractivity contribution is 5.92. The Hall–Kier alpha value is -1.65. The normalized spacial score (nSPS) is 14.6. The molecule has 0 bridgehead atoms. The van der Waals surface area contributed by atoms with Gasteiger partial charge >= 0.3 is 0 Å². The molecular formula is C11H16N4O. The number of amides is 1. The van der Waals surface area contributed by atoms with Gasteiger partial charge < -0.3 is 10.6 Å². The lowest BCUT2D eigenvalue weighted by Gasteiger charge is -2.05. The first-order valence-electron chi connectivity index (χ1n) is 5.67. The second kappa shape index (κ2) is 4.92. The van der Waals surface area contributed by atoms with Gasteiger partial charge in [-0.05, 0) is 25.3 Å². The van der Waals surface area contributed by atoms with Crippen molar-refractivity contribution in [1.29, 1.82) is 0 Å². The SMILES string of the molecule is CCCNc1nccc(C(=O)NC2CC2)n1. The molecule has 1 saturated carbocycles. The summed E-state index contributed by atoms with van der Waals surface area (Å²) in [6, 6.07) is 1.99. The van der Waals surface area contributed by atoms with Crippen molar-refractivity contribution >= 4 is 11.9 Å². The minimum Gasteiger partial charge on any atom is -0.354 e. The van der Waals surface area contributed by atoms with E-state index in [9.17, 15) is 4.79 Å². The van der Waals surface area contributed by atoms with Crippen LogP contribution in [0.2, 0.25) is 0 Å². The van der Waals surface area contributed by atoms with Crippen molar-refractivity contribution < 1.29 is 4.79 Å². The third-order valence-electron chi connectivity index (χ3n) is 2.33. The Kier molecular flexibility index (Phi) is 3.34. The molecule has 0 aromatic carbocycles. The summed E-state index contributed by atoms with van der Waals surface area (Å²) in [6.07, 6.45) is 4.77. The molecule has 2 rings (SSSR count). The minimum absolute atomic E-state index is 0.107. The molecule has 1 aliphatic rings. The van der Waals surface area contributed by atoms with Gasteiger partial charge in [-0.1, -0.05) is 6.92 Å². The van der Waals surface area contributed by atoms with Gasteiger partial charge in [-0.15, -0.1) is 0 Å². The van der Waals surface area contributed by atoms with Crippen LogP contribution in [0.25, 0.3) is 0 Å². The Morgan fingerprint density at radius 1 is 1.56 bits per heavy atom. The molecule has 1 aromatic heterocycles. The van der Waals surface area contributed by atoms with E-state index in [0.29, 0.717) is 17.7 Å². The summed E-state index contributed by atoms with van der Waals surface area (Å²) in [7, 11) is 0. The second-order valence-electron chi connectivity index (χ2n) is 3.94. The van der Waals surface area contributed by atoms with Crippen LogP contribution < -0.4 is 10.6 Å². The lowest BCUT2D eigenvalue weighted by Crippen LogP contribution is -2.26. The standard InChI is InChI=1S/C11H16N4O/c1-2-6-12-11-13-7-5-9(15-11)10(16)14-8-3-4-8/h5,7-8H,2-4,6H2,1H3,(H,14,16)(H,12,13,15). The Labute approximate surface area is 94.7 Å². The molecule has 0 unspecified atom stereocenters. The fourth-order valence-electron chi connectivity index (χ4n) is 1.29. The maximum Gasteiger partial charge on any atom is 0.270 e. The van der Waals surface area contributed by atoms with Crippen LogP contribution in [0.5, 0.6) is 0 Å². The van der Waals surface area contributed by atoms with E-state index in [1.807, 2.05) is 0 Å². The summed E-state index contributed by atoms with van der Waals surface area (Å²) in [4.78, 5) is 19.9. The molecule has 1 amide bonds. The lowest BCUT2D eigenvalue weighted by atomic mass is 10.4. The molecule has 0 atom stereocenters. The zero-order valence-corrected chi connectivity index (χ0v) is 9.36. The molecule has 16 heavy (non-hydrogen) atoms. The van der Waals surface area contributed by atoms with Crippen molar-refractivity contribution in [2.75, 3.05) is 11.9 Å². The van der Waals surface area contributed by atoms with Gasteiger partial charge in [-0.2, -0.15) is 0 Å². The van der Waals surface area contributed by atoms with Crippen LogP contribution in [0.4, 0.5) is 5.95 Å². The van der Waals surface area contributed by atoms with E-state index in [2.05, 4.69) is 27.5 Å². The number of nitrogens with zero attached hydrogens (tertiary/aromatic N) is 2. The first-order valence-corrected chi connectivity index (χ1v) is 5.67. The summed E-state index contributed by atoms with van der Waals surface area (Å²) in [6.45, 7) is 2.88. The Morgan fingerprint density at radius 3 is 3.06 bits per heavy atom. The number of hydrogen-bond donors (Lipinski definition) is 2. The minimum atomic E-state index is -0.107. The topological polar surface area (TPSA) is 66.9 Å². The van der Waals surface area contributed by atoms with Crippen LogP contribution in [-0.4, -0.2) is 28.5 Å². The van der Waals surface area contributed by atoms with Crippen LogP contribution in [0.1, 0.15) is 36.7 Å². The highest BCUT2D eigenvalue weighted by atomic mass is 16.2. The Morgan fingerprint density at radius 2 is 2.38 bits per heavy atom. The van der Waals surface area contributed by atoms with Crippen molar-refractivity contribution in [1.82, 2.24) is 15.3 Å². The number of anilines is 1. The van der Waals surface area contributed by atoms with E-state index in [-0.39, 0.29) is 5.91 Å². The summed E-state index contributed by atoms with van der Waals surface area (Å²) in [5.41, 5.74) is 0.431. The molecule has 1 heterocycles. The molecule has 1 aromatic rings. The van der Waals surface area contributed by atoms with Crippen molar-refractivity contribution in [3.05, 3.63) is 18.0 Å². The van der Waals surface area contributed by atoms with E-state index in [1.165, 1.54) is 0 Å². The zero-order valence-electron chi connectivity index (χ0n) is 9.36. The van der Waals surface area contributed by atoms with E-state index in [0.717, 1.165) is 25.8 Å². The third-order valence-corrected chi connectivity index (χ3v) is 2.33. The molecule has 1 fully saturated rings. The highest BCUT2D eigenvalue weighted by Crippen LogP contribution is 2.19. The zero-order chi connectivity index (χ0) is 11.4. The van der Waals surface area contributed by atoms with Crippen molar-refractivity contribution in [2.45, 2.75) is 32.2 Å².